The molecule has 3 nitrogen and oxygen atoms in total. The van der Waals surface area contributed by atoms with Crippen LogP contribution in [0.3, 0.4) is 0 Å². The predicted molar refractivity (Wildman–Crippen MR) is 89.8 cm³/mol. The number of hydrogen-bond donors (Lipinski definition) is 1. The van der Waals surface area contributed by atoms with Crippen molar-refractivity contribution >= 4 is 41.3 Å². The molecule has 1 aromatic heterocycles. The minimum Gasteiger partial charge on any atom is -0.370 e. The van der Waals surface area contributed by atoms with E-state index >= 15 is 0 Å². The predicted octanol–water partition coefficient (Wildman–Crippen LogP) is 3.37. The normalized spacial score (nSPS) is 17.2. The molecule has 1 aliphatic heterocycles. The highest BCUT2D eigenvalue weighted by atomic mass is 127. The lowest BCUT2D eigenvalue weighted by Crippen LogP contribution is -2.38. The number of aryl methyl sites for hydroxylation is 1. The summed E-state index contributed by atoms with van der Waals surface area (Å²) in [6.45, 7) is 4.99. The van der Waals surface area contributed by atoms with Gasteiger partial charge in [0.05, 0.1) is 6.54 Å². The number of likely N-dealkylation sites (tertiary alicyclic amines) is 1. The molecule has 0 saturated carbocycles. The van der Waals surface area contributed by atoms with Crippen molar-refractivity contribution in [1.29, 1.82) is 0 Å². The molecule has 0 aliphatic carbocycles. The molecular weight excluding hydrogens is 357 g/mol. The van der Waals surface area contributed by atoms with Crippen molar-refractivity contribution in [2.45, 2.75) is 39.2 Å². The number of rotatable bonds is 2. The molecule has 0 bridgehead atoms. The number of aliphatic imine (C=N–C) groups is 1. The summed E-state index contributed by atoms with van der Waals surface area (Å²) < 4.78 is 0. The first kappa shape index (κ1) is 15.8. The maximum atomic E-state index is 6.07. The van der Waals surface area contributed by atoms with Crippen molar-refractivity contribution < 1.29 is 0 Å². The van der Waals surface area contributed by atoms with E-state index in [4.69, 9.17) is 5.73 Å². The largest absolute Gasteiger partial charge is 0.370 e. The van der Waals surface area contributed by atoms with Gasteiger partial charge in [0.15, 0.2) is 5.96 Å². The fourth-order valence-corrected chi connectivity index (χ4v) is 2.95. The molecular formula is C13H22IN3S. The van der Waals surface area contributed by atoms with E-state index in [-0.39, 0.29) is 24.0 Å². The summed E-state index contributed by atoms with van der Waals surface area (Å²) in [5, 5.41) is 2.11. The van der Waals surface area contributed by atoms with Crippen molar-refractivity contribution in [3.05, 3.63) is 21.9 Å². The molecule has 0 aromatic carbocycles. The highest BCUT2D eigenvalue weighted by Gasteiger charge is 2.10. The van der Waals surface area contributed by atoms with Gasteiger partial charge in [-0.2, -0.15) is 0 Å². The van der Waals surface area contributed by atoms with Gasteiger partial charge in [-0.1, -0.05) is 12.8 Å². The summed E-state index contributed by atoms with van der Waals surface area (Å²) in [5.74, 6) is 0.722. The van der Waals surface area contributed by atoms with Crippen molar-refractivity contribution in [2.24, 2.45) is 10.7 Å². The Bertz CT molecular complexity index is 381. The second kappa shape index (κ2) is 7.99. The molecule has 18 heavy (non-hydrogen) atoms. The van der Waals surface area contributed by atoms with Crippen LogP contribution in [0.15, 0.2) is 16.4 Å². The summed E-state index contributed by atoms with van der Waals surface area (Å²) in [7, 11) is 0. The first-order valence-electron chi connectivity index (χ1n) is 6.35. The van der Waals surface area contributed by atoms with Crippen LogP contribution in [0.5, 0.6) is 0 Å². The minimum absolute atomic E-state index is 0. The Morgan fingerprint density at radius 1 is 1.33 bits per heavy atom. The molecule has 2 heterocycles. The van der Waals surface area contributed by atoms with Gasteiger partial charge in [-0.15, -0.1) is 35.3 Å². The van der Waals surface area contributed by atoms with Crippen molar-refractivity contribution in [2.75, 3.05) is 13.1 Å². The second-order valence-corrected chi connectivity index (χ2v) is 5.60. The Hall–Kier alpha value is -0.300. The van der Waals surface area contributed by atoms with Crippen LogP contribution in [-0.2, 0) is 6.54 Å². The fraction of sp³-hybridized carbons (Fsp3) is 0.615. The van der Waals surface area contributed by atoms with Crippen LogP contribution in [0.25, 0.3) is 0 Å². The molecule has 0 unspecified atom stereocenters. The molecule has 102 valence electrons. The van der Waals surface area contributed by atoms with Gasteiger partial charge in [0.2, 0.25) is 0 Å². The molecule has 0 spiro atoms. The minimum atomic E-state index is 0. The van der Waals surface area contributed by atoms with Crippen LogP contribution >= 0.6 is 35.3 Å². The average Bonchev–Trinajstić information content (AvgIpc) is 2.58. The third-order valence-electron chi connectivity index (χ3n) is 3.28. The maximum absolute atomic E-state index is 6.07. The molecule has 0 atom stereocenters. The third kappa shape index (κ3) is 4.42. The highest BCUT2D eigenvalue weighted by Crippen LogP contribution is 2.16. The number of halogens is 1. The lowest BCUT2D eigenvalue weighted by molar-refractivity contribution is 0.428. The van der Waals surface area contributed by atoms with E-state index in [9.17, 15) is 0 Å². The SMILES string of the molecule is Cc1ccsc1CN=C(N)N1CCCCCC1.I. The molecule has 1 aromatic rings. The quantitative estimate of drug-likeness (QED) is 0.486. The Morgan fingerprint density at radius 3 is 2.56 bits per heavy atom. The van der Waals surface area contributed by atoms with E-state index in [2.05, 4.69) is 28.3 Å². The molecule has 1 aliphatic rings. The topological polar surface area (TPSA) is 41.6 Å². The average molecular weight is 379 g/mol. The first-order chi connectivity index (χ1) is 8.27. The summed E-state index contributed by atoms with van der Waals surface area (Å²) >= 11 is 1.76. The number of nitrogens with zero attached hydrogens (tertiary/aromatic N) is 2. The smallest absolute Gasteiger partial charge is 0.191 e. The second-order valence-electron chi connectivity index (χ2n) is 4.60. The lowest BCUT2D eigenvalue weighted by Gasteiger charge is -2.21. The van der Waals surface area contributed by atoms with Gasteiger partial charge in [0.1, 0.15) is 0 Å². The number of thiophene rings is 1. The van der Waals surface area contributed by atoms with Gasteiger partial charge < -0.3 is 10.6 Å². The fourth-order valence-electron chi connectivity index (χ4n) is 2.12. The van der Waals surface area contributed by atoms with E-state index < -0.39 is 0 Å². The Kier molecular flexibility index (Phi) is 6.99. The zero-order valence-corrected chi connectivity index (χ0v) is 14.0. The third-order valence-corrected chi connectivity index (χ3v) is 4.29. The molecule has 2 N–H and O–H groups in total. The van der Waals surface area contributed by atoms with Gasteiger partial charge in [-0.05, 0) is 36.8 Å². The highest BCUT2D eigenvalue weighted by molar-refractivity contribution is 14.0. The Morgan fingerprint density at radius 2 is 2.00 bits per heavy atom. The molecule has 0 radical (unpaired) electrons. The van der Waals surface area contributed by atoms with E-state index in [0.29, 0.717) is 0 Å². The Balaban J connectivity index is 0.00000162. The monoisotopic (exact) mass is 379 g/mol. The van der Waals surface area contributed by atoms with E-state index in [1.807, 2.05) is 0 Å². The molecule has 1 saturated heterocycles. The van der Waals surface area contributed by atoms with Gasteiger partial charge in [-0.3, -0.25) is 0 Å². The van der Waals surface area contributed by atoms with Crippen LogP contribution in [0.1, 0.15) is 36.1 Å². The van der Waals surface area contributed by atoms with E-state index in [1.165, 1.54) is 36.1 Å². The summed E-state index contributed by atoms with van der Waals surface area (Å²) in [6.07, 6.45) is 5.14. The summed E-state index contributed by atoms with van der Waals surface area (Å²) in [5.41, 5.74) is 7.39. The standard InChI is InChI=1S/C13H21N3S.HI/c1-11-6-9-17-12(11)10-15-13(14)16-7-4-2-3-5-8-16;/h6,9H,2-5,7-8,10H2,1H3,(H2,14,15);1H. The van der Waals surface area contributed by atoms with Crippen LogP contribution < -0.4 is 5.73 Å². The molecule has 5 heteroatoms. The van der Waals surface area contributed by atoms with Gasteiger partial charge in [0.25, 0.3) is 0 Å². The van der Waals surface area contributed by atoms with Crippen molar-refractivity contribution in [3.63, 3.8) is 0 Å². The van der Waals surface area contributed by atoms with Crippen LogP contribution in [0.4, 0.5) is 0 Å². The first-order valence-corrected chi connectivity index (χ1v) is 7.23. The van der Waals surface area contributed by atoms with Crippen molar-refractivity contribution in [1.82, 2.24) is 4.90 Å². The zero-order chi connectivity index (χ0) is 12.1. The van der Waals surface area contributed by atoms with Crippen molar-refractivity contribution in [3.8, 4) is 0 Å². The zero-order valence-electron chi connectivity index (χ0n) is 10.9. The Labute approximate surface area is 130 Å². The number of hydrogen-bond acceptors (Lipinski definition) is 2. The summed E-state index contributed by atoms with van der Waals surface area (Å²) in [4.78, 5) is 8.08. The number of nitrogens with two attached hydrogens (primary N) is 1. The van der Waals surface area contributed by atoms with Crippen LogP contribution in [0, 0.1) is 6.92 Å². The maximum Gasteiger partial charge on any atom is 0.191 e. The molecule has 0 amide bonds. The van der Waals surface area contributed by atoms with Gasteiger partial charge >= 0.3 is 0 Å². The van der Waals surface area contributed by atoms with E-state index in [1.54, 1.807) is 11.3 Å². The van der Waals surface area contributed by atoms with E-state index in [0.717, 1.165) is 25.6 Å². The molecule has 2 rings (SSSR count). The van der Waals surface area contributed by atoms with Gasteiger partial charge in [0, 0.05) is 18.0 Å². The van der Waals surface area contributed by atoms with Crippen LogP contribution in [-0.4, -0.2) is 23.9 Å². The number of guanidine groups is 1. The van der Waals surface area contributed by atoms with Gasteiger partial charge in [-0.25, -0.2) is 4.99 Å². The lowest BCUT2D eigenvalue weighted by atomic mass is 10.2. The van der Waals surface area contributed by atoms with Crippen LogP contribution in [0.2, 0.25) is 0 Å². The summed E-state index contributed by atoms with van der Waals surface area (Å²) in [6, 6.07) is 2.14. The molecule has 1 fully saturated rings.